The lowest BCUT2D eigenvalue weighted by molar-refractivity contribution is -0.113. The van der Waals surface area contributed by atoms with E-state index in [0.717, 1.165) is 0 Å². The van der Waals surface area contributed by atoms with Crippen molar-refractivity contribution in [3.63, 3.8) is 0 Å². The highest BCUT2D eigenvalue weighted by atomic mass is 16.5. The van der Waals surface area contributed by atoms with Crippen LogP contribution in [0.5, 0.6) is 17.2 Å². The van der Waals surface area contributed by atoms with Gasteiger partial charge in [-0.15, -0.1) is 0 Å². The van der Waals surface area contributed by atoms with Gasteiger partial charge in [-0.05, 0) is 36.8 Å². The second kappa shape index (κ2) is 7.91. The van der Waals surface area contributed by atoms with E-state index in [2.05, 4.69) is 16.0 Å². The van der Waals surface area contributed by atoms with Crippen LogP contribution in [0.15, 0.2) is 53.7 Å². The van der Waals surface area contributed by atoms with Gasteiger partial charge in [0.15, 0.2) is 0 Å². The van der Waals surface area contributed by atoms with Crippen LogP contribution >= 0.6 is 0 Å². The number of hydrogen-bond donors (Lipinski definition) is 4. The van der Waals surface area contributed by atoms with Crippen molar-refractivity contribution in [2.24, 2.45) is 0 Å². The van der Waals surface area contributed by atoms with E-state index in [0.29, 0.717) is 34.0 Å². The quantitative estimate of drug-likeness (QED) is 0.635. The minimum Gasteiger partial charge on any atom is -0.508 e. The Bertz CT molecular complexity index is 937. The first-order valence-corrected chi connectivity index (χ1v) is 8.53. The van der Waals surface area contributed by atoms with Crippen molar-refractivity contribution in [3.05, 3.63) is 59.3 Å². The summed E-state index contributed by atoms with van der Waals surface area (Å²) in [5, 5.41) is 17.7. The van der Waals surface area contributed by atoms with Crippen LogP contribution in [-0.4, -0.2) is 31.3 Å². The number of nitrogens with one attached hydrogen (secondary N) is 3. The minimum absolute atomic E-state index is 0.0943. The number of benzene rings is 2. The molecule has 3 amide bonds. The maximum absolute atomic E-state index is 13.1. The van der Waals surface area contributed by atoms with Gasteiger partial charge in [-0.25, -0.2) is 4.79 Å². The summed E-state index contributed by atoms with van der Waals surface area (Å²) < 4.78 is 10.5. The molecule has 0 aromatic heterocycles. The Balaban J connectivity index is 1.97. The summed E-state index contributed by atoms with van der Waals surface area (Å²) >= 11 is 0. The highest BCUT2D eigenvalue weighted by Gasteiger charge is 2.31. The van der Waals surface area contributed by atoms with Crippen molar-refractivity contribution in [2.45, 2.75) is 13.0 Å². The number of hydrogen-bond acceptors (Lipinski definition) is 5. The summed E-state index contributed by atoms with van der Waals surface area (Å²) in [4.78, 5) is 25.1. The number of phenolic OH excluding ortho intramolecular Hbond substituents is 1. The van der Waals surface area contributed by atoms with E-state index in [1.165, 1.54) is 26.4 Å². The Morgan fingerprint density at radius 3 is 2.46 bits per heavy atom. The Hall–Kier alpha value is -3.68. The lowest BCUT2D eigenvalue weighted by atomic mass is 9.94. The molecule has 0 saturated heterocycles. The lowest BCUT2D eigenvalue weighted by Gasteiger charge is -2.29. The molecule has 28 heavy (non-hydrogen) atoms. The maximum Gasteiger partial charge on any atom is 0.319 e. The number of urea groups is 1. The fraction of sp³-hybridized carbons (Fsp3) is 0.200. The lowest BCUT2D eigenvalue weighted by Crippen LogP contribution is -2.45. The number of ether oxygens (including phenoxy) is 2. The van der Waals surface area contributed by atoms with Crippen molar-refractivity contribution in [1.29, 1.82) is 0 Å². The van der Waals surface area contributed by atoms with Crippen molar-refractivity contribution >= 4 is 17.6 Å². The molecule has 2 aromatic carbocycles. The van der Waals surface area contributed by atoms with Gasteiger partial charge in [0, 0.05) is 11.8 Å². The number of allylic oxidation sites excluding steroid dienone is 1. The number of methoxy groups -OCH3 is 2. The highest BCUT2D eigenvalue weighted by Crippen LogP contribution is 2.32. The van der Waals surface area contributed by atoms with E-state index in [1.54, 1.807) is 37.3 Å². The monoisotopic (exact) mass is 383 g/mol. The average molecular weight is 383 g/mol. The number of carbonyl (C=O) groups is 2. The number of carbonyl (C=O) groups excluding carboxylic acids is 2. The number of amides is 3. The Kier molecular flexibility index (Phi) is 5.39. The van der Waals surface area contributed by atoms with E-state index in [4.69, 9.17) is 9.47 Å². The van der Waals surface area contributed by atoms with Crippen molar-refractivity contribution in [1.82, 2.24) is 10.6 Å². The summed E-state index contributed by atoms with van der Waals surface area (Å²) in [6.07, 6.45) is 0. The molecular formula is C20H21N3O5. The summed E-state index contributed by atoms with van der Waals surface area (Å²) in [5.74, 6) is 0.722. The van der Waals surface area contributed by atoms with Crippen molar-refractivity contribution in [2.75, 3.05) is 19.5 Å². The molecule has 0 spiro atoms. The summed E-state index contributed by atoms with van der Waals surface area (Å²) in [6, 6.07) is 10.3. The average Bonchev–Trinajstić information content (AvgIpc) is 2.67. The largest absolute Gasteiger partial charge is 0.508 e. The zero-order valence-corrected chi connectivity index (χ0v) is 15.7. The molecule has 1 heterocycles. The van der Waals surface area contributed by atoms with Crippen LogP contribution < -0.4 is 25.4 Å². The van der Waals surface area contributed by atoms with Crippen molar-refractivity contribution < 1.29 is 24.2 Å². The Labute approximate surface area is 162 Å². The molecule has 2 aromatic rings. The third kappa shape index (κ3) is 3.85. The van der Waals surface area contributed by atoms with Gasteiger partial charge in [-0.3, -0.25) is 4.79 Å². The van der Waals surface area contributed by atoms with Gasteiger partial charge >= 0.3 is 6.03 Å². The molecule has 146 valence electrons. The first-order valence-electron chi connectivity index (χ1n) is 8.53. The van der Waals surface area contributed by atoms with Crippen LogP contribution in [0, 0.1) is 0 Å². The zero-order valence-electron chi connectivity index (χ0n) is 15.7. The molecule has 8 heteroatoms. The smallest absolute Gasteiger partial charge is 0.319 e. The van der Waals surface area contributed by atoms with Crippen LogP contribution in [-0.2, 0) is 4.79 Å². The number of rotatable bonds is 5. The molecule has 1 atom stereocenters. The van der Waals surface area contributed by atoms with Crippen molar-refractivity contribution in [3.8, 4) is 17.2 Å². The van der Waals surface area contributed by atoms with Crippen LogP contribution in [0.2, 0.25) is 0 Å². The molecule has 1 aliphatic rings. The summed E-state index contributed by atoms with van der Waals surface area (Å²) in [7, 11) is 3.03. The van der Waals surface area contributed by atoms with Gasteiger partial charge in [-0.2, -0.15) is 0 Å². The predicted molar refractivity (Wildman–Crippen MR) is 103 cm³/mol. The SMILES string of the molecule is COc1ccc(OC)c(NC(=O)C2=C(C)NC(=O)NC2c2ccc(O)cc2)c1. The maximum atomic E-state index is 13.1. The standard InChI is InChI=1S/C20H21N3O5/c1-11-17(18(23-20(26)21-11)12-4-6-13(24)7-5-12)19(25)22-15-10-14(27-2)8-9-16(15)28-3/h4-10,18,24H,1-3H3,(H,22,25)(H2,21,23,26). The van der Waals surface area contributed by atoms with Gasteiger partial charge in [-0.1, -0.05) is 12.1 Å². The molecule has 8 nitrogen and oxygen atoms in total. The second-order valence-electron chi connectivity index (χ2n) is 6.18. The fourth-order valence-electron chi connectivity index (χ4n) is 3.01. The third-order valence-corrected chi connectivity index (χ3v) is 4.40. The van der Waals surface area contributed by atoms with E-state index in [1.807, 2.05) is 0 Å². The Morgan fingerprint density at radius 2 is 1.82 bits per heavy atom. The Morgan fingerprint density at radius 1 is 1.11 bits per heavy atom. The van der Waals surface area contributed by atoms with Crippen LogP contribution in [0.1, 0.15) is 18.5 Å². The van der Waals surface area contributed by atoms with E-state index < -0.39 is 18.0 Å². The van der Waals surface area contributed by atoms with Gasteiger partial charge in [0.25, 0.3) is 5.91 Å². The number of aromatic hydroxyl groups is 1. The second-order valence-corrected chi connectivity index (χ2v) is 6.18. The predicted octanol–water partition coefficient (Wildman–Crippen LogP) is 2.68. The van der Waals surface area contributed by atoms with Crippen LogP contribution in [0.3, 0.4) is 0 Å². The minimum atomic E-state index is -0.675. The molecule has 4 N–H and O–H groups in total. The molecule has 1 aliphatic heterocycles. The molecule has 0 bridgehead atoms. The molecule has 0 saturated carbocycles. The first kappa shape index (κ1) is 19.1. The van der Waals surface area contributed by atoms with Crippen LogP contribution in [0.25, 0.3) is 0 Å². The van der Waals surface area contributed by atoms with Gasteiger partial charge in [0.1, 0.15) is 17.2 Å². The highest BCUT2D eigenvalue weighted by molar-refractivity contribution is 6.07. The normalized spacial score (nSPS) is 16.1. The van der Waals surface area contributed by atoms with Gasteiger partial charge in [0.2, 0.25) is 0 Å². The van der Waals surface area contributed by atoms with Crippen LogP contribution in [0.4, 0.5) is 10.5 Å². The van der Waals surface area contributed by atoms with Gasteiger partial charge in [0.05, 0.1) is 31.5 Å². The summed E-state index contributed by atoms with van der Waals surface area (Å²) in [5.41, 5.74) is 1.87. The summed E-state index contributed by atoms with van der Waals surface area (Å²) in [6.45, 7) is 1.66. The number of anilines is 1. The first-order chi connectivity index (χ1) is 13.4. The molecule has 0 fully saturated rings. The van der Waals surface area contributed by atoms with E-state index in [9.17, 15) is 14.7 Å². The molecule has 0 radical (unpaired) electrons. The topological polar surface area (TPSA) is 109 Å². The van der Waals surface area contributed by atoms with E-state index in [-0.39, 0.29) is 5.75 Å². The van der Waals surface area contributed by atoms with Gasteiger partial charge < -0.3 is 30.5 Å². The molecule has 0 aliphatic carbocycles. The molecule has 3 rings (SSSR count). The zero-order chi connectivity index (χ0) is 20.3. The van der Waals surface area contributed by atoms with E-state index >= 15 is 0 Å². The molecule has 1 unspecified atom stereocenters. The third-order valence-electron chi connectivity index (χ3n) is 4.40. The fourth-order valence-corrected chi connectivity index (χ4v) is 3.01. The number of phenols is 1. The molecular weight excluding hydrogens is 362 g/mol.